The van der Waals surface area contributed by atoms with Gasteiger partial charge >= 0.3 is 0 Å². The van der Waals surface area contributed by atoms with E-state index in [1.807, 2.05) is 30.0 Å². The highest BCUT2D eigenvalue weighted by Crippen LogP contribution is 2.21. The van der Waals surface area contributed by atoms with Crippen LogP contribution in [0.5, 0.6) is 5.75 Å². The molecule has 132 valence electrons. The molecular formula is C19H28N2O3. The van der Waals surface area contributed by atoms with Crippen LogP contribution in [0.25, 0.3) is 0 Å². The Labute approximate surface area is 144 Å². The van der Waals surface area contributed by atoms with Gasteiger partial charge in [-0.05, 0) is 25.0 Å². The van der Waals surface area contributed by atoms with Gasteiger partial charge in [-0.3, -0.25) is 9.69 Å². The van der Waals surface area contributed by atoms with Gasteiger partial charge in [0, 0.05) is 39.6 Å². The number of allylic oxidation sites excluding steroid dienone is 1. The molecule has 1 N–H and O–H groups in total. The topological polar surface area (TPSA) is 53.0 Å². The Morgan fingerprint density at radius 2 is 2.08 bits per heavy atom. The molecule has 5 heteroatoms. The minimum absolute atomic E-state index is 0.118. The third-order valence-electron chi connectivity index (χ3n) is 4.30. The van der Waals surface area contributed by atoms with E-state index in [1.165, 1.54) is 5.56 Å². The zero-order valence-electron chi connectivity index (χ0n) is 14.7. The molecule has 0 aliphatic carbocycles. The SMILES string of the molecule is C=CCc1cc(C)ccc1OCC(O)CN1CCN(C(C)=O)CC1. The van der Waals surface area contributed by atoms with E-state index in [-0.39, 0.29) is 12.5 Å². The second-order valence-electron chi connectivity index (χ2n) is 6.38. The second-order valence-corrected chi connectivity index (χ2v) is 6.38. The third kappa shape index (κ3) is 5.35. The summed E-state index contributed by atoms with van der Waals surface area (Å²) in [4.78, 5) is 15.3. The summed E-state index contributed by atoms with van der Waals surface area (Å²) in [5, 5.41) is 10.2. The van der Waals surface area contributed by atoms with Crippen LogP contribution in [0.3, 0.4) is 0 Å². The summed E-state index contributed by atoms with van der Waals surface area (Å²) in [5.74, 6) is 0.925. The molecule has 1 aliphatic heterocycles. The highest BCUT2D eigenvalue weighted by Gasteiger charge is 2.20. The maximum Gasteiger partial charge on any atom is 0.219 e. The van der Waals surface area contributed by atoms with Crippen molar-refractivity contribution < 1.29 is 14.6 Å². The number of benzene rings is 1. The Morgan fingerprint density at radius 1 is 1.38 bits per heavy atom. The minimum Gasteiger partial charge on any atom is -0.491 e. The van der Waals surface area contributed by atoms with Gasteiger partial charge < -0.3 is 14.7 Å². The average Bonchev–Trinajstić information content (AvgIpc) is 2.55. The van der Waals surface area contributed by atoms with Crippen LogP contribution in [0, 0.1) is 6.92 Å². The number of β-amino-alcohol motifs (C(OH)–C–C–N with tert-alkyl or cyclic N) is 1. The summed E-state index contributed by atoms with van der Waals surface area (Å²) in [5.41, 5.74) is 2.27. The van der Waals surface area contributed by atoms with Gasteiger partial charge in [0.25, 0.3) is 0 Å². The molecule has 1 atom stereocenters. The van der Waals surface area contributed by atoms with E-state index in [9.17, 15) is 9.90 Å². The Balaban J connectivity index is 1.80. The van der Waals surface area contributed by atoms with E-state index < -0.39 is 6.10 Å². The lowest BCUT2D eigenvalue weighted by Gasteiger charge is -2.35. The fraction of sp³-hybridized carbons (Fsp3) is 0.526. The number of aliphatic hydroxyl groups excluding tert-OH is 1. The standard InChI is InChI=1S/C19H28N2O3/c1-4-5-17-12-15(2)6-7-19(17)24-14-18(23)13-20-8-10-21(11-9-20)16(3)22/h4,6-7,12,18,23H,1,5,8-11,13-14H2,2-3H3. The van der Waals surface area contributed by atoms with Crippen LogP contribution < -0.4 is 4.74 Å². The Hall–Kier alpha value is -1.85. The number of hydrogen-bond acceptors (Lipinski definition) is 4. The monoisotopic (exact) mass is 332 g/mol. The maximum atomic E-state index is 11.3. The van der Waals surface area contributed by atoms with Gasteiger partial charge in [0.1, 0.15) is 18.5 Å². The molecular weight excluding hydrogens is 304 g/mol. The zero-order chi connectivity index (χ0) is 17.5. The number of amides is 1. The van der Waals surface area contributed by atoms with Crippen molar-refractivity contribution in [1.82, 2.24) is 9.80 Å². The van der Waals surface area contributed by atoms with E-state index in [0.29, 0.717) is 6.54 Å². The lowest BCUT2D eigenvalue weighted by molar-refractivity contribution is -0.130. The van der Waals surface area contributed by atoms with Crippen LogP contribution in [-0.2, 0) is 11.2 Å². The van der Waals surface area contributed by atoms with Gasteiger partial charge in [-0.15, -0.1) is 6.58 Å². The molecule has 1 aliphatic rings. The van der Waals surface area contributed by atoms with Gasteiger partial charge in [0.2, 0.25) is 5.91 Å². The first-order chi connectivity index (χ1) is 11.5. The van der Waals surface area contributed by atoms with Crippen LogP contribution in [0.15, 0.2) is 30.9 Å². The Bertz CT molecular complexity index is 566. The van der Waals surface area contributed by atoms with E-state index in [4.69, 9.17) is 4.74 Å². The highest BCUT2D eigenvalue weighted by molar-refractivity contribution is 5.73. The summed E-state index contributed by atoms with van der Waals surface area (Å²) in [6, 6.07) is 6.05. The van der Waals surface area contributed by atoms with Crippen molar-refractivity contribution in [2.24, 2.45) is 0 Å². The molecule has 2 rings (SSSR count). The van der Waals surface area contributed by atoms with Gasteiger partial charge in [-0.25, -0.2) is 0 Å². The van der Waals surface area contributed by atoms with E-state index in [2.05, 4.69) is 17.5 Å². The Kier molecular flexibility index (Phi) is 6.82. The normalized spacial score (nSPS) is 16.7. The predicted octanol–water partition coefficient (Wildman–Crippen LogP) is 1.63. The molecule has 0 spiro atoms. The number of carbonyl (C=O) groups is 1. The lowest BCUT2D eigenvalue weighted by atomic mass is 10.1. The molecule has 1 unspecified atom stereocenters. The molecule has 1 amide bonds. The fourth-order valence-corrected chi connectivity index (χ4v) is 2.95. The number of ether oxygens (including phenoxy) is 1. The summed E-state index contributed by atoms with van der Waals surface area (Å²) in [7, 11) is 0. The predicted molar refractivity (Wildman–Crippen MR) is 95.3 cm³/mol. The molecule has 0 aromatic heterocycles. The van der Waals surface area contributed by atoms with E-state index >= 15 is 0 Å². The molecule has 1 aromatic carbocycles. The first-order valence-corrected chi connectivity index (χ1v) is 8.48. The first kappa shape index (κ1) is 18.5. The molecule has 1 aromatic rings. The van der Waals surface area contributed by atoms with Crippen molar-refractivity contribution in [2.45, 2.75) is 26.4 Å². The molecule has 1 fully saturated rings. The number of aryl methyl sites for hydroxylation is 1. The maximum absolute atomic E-state index is 11.3. The van der Waals surface area contributed by atoms with Gasteiger partial charge in [0.05, 0.1) is 0 Å². The number of piperazine rings is 1. The van der Waals surface area contributed by atoms with Crippen molar-refractivity contribution in [3.8, 4) is 5.75 Å². The van der Waals surface area contributed by atoms with Crippen LogP contribution in [-0.4, -0.2) is 66.2 Å². The molecule has 5 nitrogen and oxygen atoms in total. The summed E-state index contributed by atoms with van der Waals surface area (Å²) in [6.07, 6.45) is 2.05. The lowest BCUT2D eigenvalue weighted by Crippen LogP contribution is -2.50. The van der Waals surface area contributed by atoms with Gasteiger partial charge in [-0.1, -0.05) is 23.8 Å². The number of aliphatic hydroxyl groups is 1. The summed E-state index contributed by atoms with van der Waals surface area (Å²) < 4.78 is 5.82. The molecule has 0 bridgehead atoms. The molecule has 0 radical (unpaired) electrons. The second kappa shape index (κ2) is 8.85. The fourth-order valence-electron chi connectivity index (χ4n) is 2.95. The van der Waals surface area contributed by atoms with Crippen molar-refractivity contribution >= 4 is 5.91 Å². The smallest absolute Gasteiger partial charge is 0.219 e. The third-order valence-corrected chi connectivity index (χ3v) is 4.30. The van der Waals surface area contributed by atoms with Crippen molar-refractivity contribution in [3.63, 3.8) is 0 Å². The molecule has 1 heterocycles. The molecule has 24 heavy (non-hydrogen) atoms. The number of nitrogens with zero attached hydrogens (tertiary/aromatic N) is 2. The van der Waals surface area contributed by atoms with Crippen molar-refractivity contribution in [2.75, 3.05) is 39.3 Å². The number of hydrogen-bond donors (Lipinski definition) is 1. The Morgan fingerprint density at radius 3 is 2.71 bits per heavy atom. The summed E-state index contributed by atoms with van der Waals surface area (Å²) >= 11 is 0. The quantitative estimate of drug-likeness (QED) is 0.771. The average molecular weight is 332 g/mol. The highest BCUT2D eigenvalue weighted by atomic mass is 16.5. The van der Waals surface area contributed by atoms with Crippen LogP contribution >= 0.6 is 0 Å². The number of rotatable bonds is 7. The van der Waals surface area contributed by atoms with Crippen LogP contribution in [0.1, 0.15) is 18.1 Å². The van der Waals surface area contributed by atoms with Crippen molar-refractivity contribution in [1.29, 1.82) is 0 Å². The summed E-state index contributed by atoms with van der Waals surface area (Å²) in [6.45, 7) is 11.3. The first-order valence-electron chi connectivity index (χ1n) is 8.48. The van der Waals surface area contributed by atoms with Gasteiger partial charge in [-0.2, -0.15) is 0 Å². The van der Waals surface area contributed by atoms with Crippen LogP contribution in [0.2, 0.25) is 0 Å². The van der Waals surface area contributed by atoms with Gasteiger partial charge in [0.15, 0.2) is 0 Å². The molecule has 0 saturated carbocycles. The van der Waals surface area contributed by atoms with Crippen molar-refractivity contribution in [3.05, 3.63) is 42.0 Å². The van der Waals surface area contributed by atoms with E-state index in [1.54, 1.807) is 6.92 Å². The minimum atomic E-state index is -0.549. The number of carbonyl (C=O) groups excluding carboxylic acids is 1. The van der Waals surface area contributed by atoms with Crippen LogP contribution in [0.4, 0.5) is 0 Å². The molecule has 1 saturated heterocycles. The zero-order valence-corrected chi connectivity index (χ0v) is 14.7. The van der Waals surface area contributed by atoms with E-state index in [0.717, 1.165) is 43.9 Å². The largest absolute Gasteiger partial charge is 0.491 e.